The highest BCUT2D eigenvalue weighted by Crippen LogP contribution is 2.05. The first kappa shape index (κ1) is 20.6. The average Bonchev–Trinajstić information content (AvgIpc) is 2.58. The Bertz CT molecular complexity index is 718. The van der Waals surface area contributed by atoms with Crippen LogP contribution in [0.5, 0.6) is 0 Å². The molecule has 1 rings (SSSR count). The van der Waals surface area contributed by atoms with Crippen LogP contribution in [0.1, 0.15) is 25.0 Å². The standard InChI is InChI=1S/C18H20N2O6/c1-11(17(23)24)6-15(21)19-9-13-4-3-5-14(8-13)10-20-16(22)7-12(2)18(25)26/h3-8H,9-10H2,1-2H3,(H,19,21)(H,20,22)(H,23,24)(H,25,26). The van der Waals surface area contributed by atoms with Gasteiger partial charge in [-0.1, -0.05) is 24.3 Å². The molecule has 0 fully saturated rings. The van der Waals surface area contributed by atoms with Gasteiger partial charge in [0.25, 0.3) is 0 Å². The van der Waals surface area contributed by atoms with Crippen LogP contribution in [0, 0.1) is 0 Å². The summed E-state index contributed by atoms with van der Waals surface area (Å²) in [7, 11) is 0. The molecule has 0 aliphatic rings. The number of hydrogen-bond donors (Lipinski definition) is 4. The van der Waals surface area contributed by atoms with E-state index in [9.17, 15) is 19.2 Å². The molecule has 8 nitrogen and oxygen atoms in total. The van der Waals surface area contributed by atoms with Gasteiger partial charge >= 0.3 is 11.9 Å². The minimum absolute atomic E-state index is 0.0660. The van der Waals surface area contributed by atoms with Gasteiger partial charge in [0.1, 0.15) is 0 Å². The quantitative estimate of drug-likeness (QED) is 0.511. The number of hydrogen-bond acceptors (Lipinski definition) is 4. The van der Waals surface area contributed by atoms with Crippen molar-refractivity contribution >= 4 is 23.8 Å². The van der Waals surface area contributed by atoms with Crippen LogP contribution in [0.2, 0.25) is 0 Å². The summed E-state index contributed by atoms with van der Waals surface area (Å²) >= 11 is 0. The van der Waals surface area contributed by atoms with E-state index in [4.69, 9.17) is 10.2 Å². The summed E-state index contributed by atoms with van der Waals surface area (Å²) in [5.74, 6) is -3.36. The zero-order valence-corrected chi connectivity index (χ0v) is 14.4. The highest BCUT2D eigenvalue weighted by Gasteiger charge is 2.06. The van der Waals surface area contributed by atoms with Crippen molar-refractivity contribution in [1.82, 2.24) is 10.6 Å². The SMILES string of the molecule is CC(=CC(=O)NCc1cccc(CNC(=O)C=C(C)C(=O)O)c1)C(=O)O. The molecule has 0 radical (unpaired) electrons. The lowest BCUT2D eigenvalue weighted by atomic mass is 10.1. The monoisotopic (exact) mass is 360 g/mol. The molecule has 0 aliphatic carbocycles. The third-order valence-electron chi connectivity index (χ3n) is 3.29. The van der Waals surface area contributed by atoms with Crippen molar-refractivity contribution in [3.05, 3.63) is 58.7 Å². The molecule has 8 heteroatoms. The van der Waals surface area contributed by atoms with Crippen molar-refractivity contribution in [2.75, 3.05) is 0 Å². The smallest absolute Gasteiger partial charge is 0.331 e. The summed E-state index contributed by atoms with van der Waals surface area (Å²) in [6.07, 6.45) is 2.01. The molecule has 0 spiro atoms. The molecule has 1 aromatic rings. The first-order chi connectivity index (χ1) is 12.2. The zero-order valence-electron chi connectivity index (χ0n) is 14.4. The van der Waals surface area contributed by atoms with E-state index < -0.39 is 23.8 Å². The first-order valence-corrected chi connectivity index (χ1v) is 7.65. The summed E-state index contributed by atoms with van der Waals surface area (Å²) in [5, 5.41) is 22.6. The Morgan fingerprint density at radius 2 is 1.23 bits per heavy atom. The van der Waals surface area contributed by atoms with Crippen LogP contribution in [0.15, 0.2) is 47.6 Å². The Kier molecular flexibility index (Phi) is 7.75. The lowest BCUT2D eigenvalue weighted by Crippen LogP contribution is -2.23. The number of aliphatic carboxylic acids is 2. The largest absolute Gasteiger partial charge is 0.478 e. The molecule has 0 saturated heterocycles. The third kappa shape index (κ3) is 7.43. The third-order valence-corrected chi connectivity index (χ3v) is 3.29. The van der Waals surface area contributed by atoms with E-state index in [-0.39, 0.29) is 24.2 Å². The summed E-state index contributed by atoms with van der Waals surface area (Å²) in [5.41, 5.74) is 1.40. The molecule has 0 heterocycles. The van der Waals surface area contributed by atoms with Crippen LogP contribution >= 0.6 is 0 Å². The molecule has 0 unspecified atom stereocenters. The second-order valence-corrected chi connectivity index (χ2v) is 5.52. The lowest BCUT2D eigenvalue weighted by Gasteiger charge is -2.07. The summed E-state index contributed by atoms with van der Waals surface area (Å²) < 4.78 is 0. The highest BCUT2D eigenvalue weighted by molar-refractivity contribution is 5.97. The van der Waals surface area contributed by atoms with E-state index in [0.29, 0.717) is 0 Å². The van der Waals surface area contributed by atoms with Gasteiger partial charge in [0.15, 0.2) is 0 Å². The van der Waals surface area contributed by atoms with E-state index in [1.54, 1.807) is 24.3 Å². The van der Waals surface area contributed by atoms with Crippen LogP contribution in [0.25, 0.3) is 0 Å². The van der Waals surface area contributed by atoms with Crippen molar-refractivity contribution in [3.8, 4) is 0 Å². The number of carboxylic acids is 2. The molecule has 0 saturated carbocycles. The predicted molar refractivity (Wildman–Crippen MR) is 92.9 cm³/mol. The molecule has 0 atom stereocenters. The predicted octanol–water partition coefficient (Wildman–Crippen LogP) is 0.981. The maximum atomic E-state index is 11.6. The van der Waals surface area contributed by atoms with E-state index in [2.05, 4.69) is 10.6 Å². The second-order valence-electron chi connectivity index (χ2n) is 5.52. The maximum absolute atomic E-state index is 11.6. The van der Waals surface area contributed by atoms with Crippen molar-refractivity contribution in [2.24, 2.45) is 0 Å². The van der Waals surface area contributed by atoms with Gasteiger partial charge in [-0.05, 0) is 25.0 Å². The van der Waals surface area contributed by atoms with Crippen LogP contribution in [-0.2, 0) is 32.3 Å². The Hall–Kier alpha value is -3.42. The molecule has 138 valence electrons. The molecule has 1 aromatic carbocycles. The van der Waals surface area contributed by atoms with Crippen molar-refractivity contribution in [3.63, 3.8) is 0 Å². The Labute approximate surface area is 150 Å². The Balaban J connectivity index is 2.60. The highest BCUT2D eigenvalue weighted by atomic mass is 16.4. The topological polar surface area (TPSA) is 133 Å². The van der Waals surface area contributed by atoms with Crippen molar-refractivity contribution in [2.45, 2.75) is 26.9 Å². The fourth-order valence-corrected chi connectivity index (χ4v) is 1.85. The average molecular weight is 360 g/mol. The van der Waals surface area contributed by atoms with E-state index >= 15 is 0 Å². The fourth-order valence-electron chi connectivity index (χ4n) is 1.85. The number of nitrogens with one attached hydrogen (secondary N) is 2. The molecule has 4 N–H and O–H groups in total. The van der Waals surface area contributed by atoms with Crippen molar-refractivity contribution in [1.29, 1.82) is 0 Å². The van der Waals surface area contributed by atoms with E-state index in [0.717, 1.165) is 23.3 Å². The Morgan fingerprint density at radius 3 is 1.58 bits per heavy atom. The molecule has 0 aliphatic heterocycles. The number of carboxylic acid groups (broad SMARTS) is 2. The minimum atomic E-state index is -1.16. The van der Waals surface area contributed by atoms with Crippen LogP contribution < -0.4 is 10.6 Å². The molecule has 2 amide bonds. The maximum Gasteiger partial charge on any atom is 0.331 e. The number of rotatable bonds is 8. The van der Waals surface area contributed by atoms with Crippen LogP contribution in [0.4, 0.5) is 0 Å². The Morgan fingerprint density at radius 1 is 0.846 bits per heavy atom. The lowest BCUT2D eigenvalue weighted by molar-refractivity contribution is -0.133. The van der Waals surface area contributed by atoms with Gasteiger partial charge in [0, 0.05) is 36.4 Å². The van der Waals surface area contributed by atoms with Crippen molar-refractivity contribution < 1.29 is 29.4 Å². The minimum Gasteiger partial charge on any atom is -0.478 e. The second kappa shape index (κ2) is 9.77. The first-order valence-electron chi connectivity index (χ1n) is 7.65. The number of carbonyl (C=O) groups excluding carboxylic acids is 2. The van der Waals surface area contributed by atoms with Crippen LogP contribution in [-0.4, -0.2) is 34.0 Å². The molecule has 26 heavy (non-hydrogen) atoms. The summed E-state index contributed by atoms with van der Waals surface area (Å²) in [6, 6.07) is 7.06. The van der Waals surface area contributed by atoms with Gasteiger partial charge in [-0.25, -0.2) is 9.59 Å². The molecule has 0 bridgehead atoms. The summed E-state index contributed by atoms with van der Waals surface area (Å²) in [6.45, 7) is 3.04. The molecular weight excluding hydrogens is 340 g/mol. The van der Waals surface area contributed by atoms with Gasteiger partial charge in [-0.3, -0.25) is 9.59 Å². The fraction of sp³-hybridized carbons (Fsp3) is 0.222. The van der Waals surface area contributed by atoms with Gasteiger partial charge < -0.3 is 20.8 Å². The molecule has 0 aromatic heterocycles. The number of carbonyl (C=O) groups is 4. The summed E-state index contributed by atoms with van der Waals surface area (Å²) in [4.78, 5) is 44.6. The van der Waals surface area contributed by atoms with Gasteiger partial charge in [-0.15, -0.1) is 0 Å². The van der Waals surface area contributed by atoms with Gasteiger partial charge in [-0.2, -0.15) is 0 Å². The van der Waals surface area contributed by atoms with Crippen LogP contribution in [0.3, 0.4) is 0 Å². The van der Waals surface area contributed by atoms with Gasteiger partial charge in [0.05, 0.1) is 0 Å². The van der Waals surface area contributed by atoms with Gasteiger partial charge in [0.2, 0.25) is 11.8 Å². The zero-order chi connectivity index (χ0) is 19.7. The van der Waals surface area contributed by atoms with E-state index in [1.165, 1.54) is 13.8 Å². The number of benzene rings is 1. The van der Waals surface area contributed by atoms with E-state index in [1.807, 2.05) is 0 Å². The molecular formula is C18H20N2O6. The number of amides is 2. The normalized spacial score (nSPS) is 11.6.